The predicted molar refractivity (Wildman–Crippen MR) is 150 cm³/mol. The SMILES string of the molecule is COCCC(O)(CCOC)c1cc(OCc2ccccc2)c2cc(OC)c(OC)cc2c1-c1ccccc1. The molecule has 0 radical (unpaired) electrons. The fourth-order valence-corrected chi connectivity index (χ4v) is 4.79. The molecule has 4 rings (SSSR count). The number of methoxy groups -OCH3 is 4. The molecule has 0 aliphatic carbocycles. The lowest BCUT2D eigenvalue weighted by molar-refractivity contribution is -0.0203. The number of hydrogen-bond donors (Lipinski definition) is 1. The fraction of sp³-hybridized carbons (Fsp3) is 0.312. The summed E-state index contributed by atoms with van der Waals surface area (Å²) in [4.78, 5) is 0. The Morgan fingerprint density at radius 3 is 1.76 bits per heavy atom. The molecule has 4 aromatic rings. The summed E-state index contributed by atoms with van der Waals surface area (Å²) in [6.07, 6.45) is 0.785. The summed E-state index contributed by atoms with van der Waals surface area (Å²) in [5, 5.41) is 14.0. The van der Waals surface area contributed by atoms with Crippen LogP contribution in [0.25, 0.3) is 21.9 Å². The molecule has 6 nitrogen and oxygen atoms in total. The number of benzene rings is 4. The highest BCUT2D eigenvalue weighted by atomic mass is 16.5. The molecule has 0 bridgehead atoms. The van der Waals surface area contributed by atoms with Gasteiger partial charge in [0.15, 0.2) is 11.5 Å². The summed E-state index contributed by atoms with van der Waals surface area (Å²) < 4.78 is 28.6. The molecule has 0 saturated heterocycles. The van der Waals surface area contributed by atoms with Gasteiger partial charge in [-0.1, -0.05) is 60.7 Å². The van der Waals surface area contributed by atoms with Gasteiger partial charge in [0.25, 0.3) is 0 Å². The van der Waals surface area contributed by atoms with Crippen LogP contribution < -0.4 is 14.2 Å². The normalized spacial score (nSPS) is 11.5. The Balaban J connectivity index is 2.03. The number of rotatable bonds is 13. The average Bonchev–Trinajstić information content (AvgIpc) is 2.97. The molecule has 0 aliphatic rings. The van der Waals surface area contributed by atoms with Gasteiger partial charge in [-0.3, -0.25) is 0 Å². The third-order valence-electron chi connectivity index (χ3n) is 6.84. The van der Waals surface area contributed by atoms with E-state index in [1.54, 1.807) is 28.4 Å². The minimum absolute atomic E-state index is 0.378. The van der Waals surface area contributed by atoms with E-state index in [1.807, 2.05) is 78.9 Å². The number of hydrogen-bond acceptors (Lipinski definition) is 6. The molecule has 0 unspecified atom stereocenters. The van der Waals surface area contributed by atoms with Gasteiger partial charge in [-0.05, 0) is 45.8 Å². The zero-order valence-corrected chi connectivity index (χ0v) is 22.5. The van der Waals surface area contributed by atoms with E-state index < -0.39 is 5.60 Å². The van der Waals surface area contributed by atoms with E-state index in [4.69, 9.17) is 23.7 Å². The number of fused-ring (bicyclic) bond motifs is 1. The maximum atomic E-state index is 12.2. The van der Waals surface area contributed by atoms with Crippen LogP contribution in [-0.2, 0) is 21.7 Å². The Morgan fingerprint density at radius 2 is 1.21 bits per heavy atom. The molecule has 0 fully saturated rings. The number of aliphatic hydroxyl groups is 1. The lowest BCUT2D eigenvalue weighted by Crippen LogP contribution is -2.30. The van der Waals surface area contributed by atoms with Crippen molar-refractivity contribution in [1.82, 2.24) is 0 Å². The Bertz CT molecular complexity index is 1310. The second-order valence-electron chi connectivity index (χ2n) is 9.21. The highest BCUT2D eigenvalue weighted by molar-refractivity contribution is 6.03. The molecule has 0 atom stereocenters. The molecular weight excluding hydrogens is 480 g/mol. The van der Waals surface area contributed by atoms with Crippen molar-refractivity contribution in [2.75, 3.05) is 41.7 Å². The van der Waals surface area contributed by atoms with Crippen LogP contribution in [0, 0.1) is 0 Å². The van der Waals surface area contributed by atoms with E-state index in [1.165, 1.54) is 0 Å². The highest BCUT2D eigenvalue weighted by Crippen LogP contribution is 2.47. The molecule has 0 aromatic heterocycles. The maximum absolute atomic E-state index is 12.2. The van der Waals surface area contributed by atoms with E-state index in [0.717, 1.165) is 33.0 Å². The molecule has 0 amide bonds. The Labute approximate surface area is 224 Å². The van der Waals surface area contributed by atoms with E-state index in [-0.39, 0.29) is 0 Å². The zero-order chi connectivity index (χ0) is 27.0. The highest BCUT2D eigenvalue weighted by Gasteiger charge is 2.34. The van der Waals surface area contributed by atoms with Crippen molar-refractivity contribution in [3.05, 3.63) is 90.0 Å². The van der Waals surface area contributed by atoms with Crippen LogP contribution in [-0.4, -0.2) is 46.8 Å². The lowest BCUT2D eigenvalue weighted by atomic mass is 9.80. The van der Waals surface area contributed by atoms with Crippen molar-refractivity contribution in [2.24, 2.45) is 0 Å². The first-order valence-electron chi connectivity index (χ1n) is 12.7. The molecular formula is C32H36O6. The van der Waals surface area contributed by atoms with Crippen LogP contribution in [0.5, 0.6) is 17.2 Å². The van der Waals surface area contributed by atoms with E-state index >= 15 is 0 Å². The second kappa shape index (κ2) is 12.8. The summed E-state index contributed by atoms with van der Waals surface area (Å²) >= 11 is 0. The quantitative estimate of drug-likeness (QED) is 0.223. The van der Waals surface area contributed by atoms with Crippen molar-refractivity contribution in [3.63, 3.8) is 0 Å². The van der Waals surface area contributed by atoms with E-state index in [0.29, 0.717) is 49.9 Å². The van der Waals surface area contributed by atoms with Crippen molar-refractivity contribution in [2.45, 2.75) is 25.0 Å². The Kier molecular flexibility index (Phi) is 9.24. The molecule has 0 aliphatic heterocycles. The van der Waals surface area contributed by atoms with Crippen LogP contribution >= 0.6 is 0 Å². The van der Waals surface area contributed by atoms with Crippen LogP contribution in [0.3, 0.4) is 0 Å². The third kappa shape index (κ3) is 5.94. The van der Waals surface area contributed by atoms with Crippen LogP contribution in [0.2, 0.25) is 0 Å². The summed E-state index contributed by atoms with van der Waals surface area (Å²) in [6.45, 7) is 1.15. The van der Waals surface area contributed by atoms with Crippen LogP contribution in [0.15, 0.2) is 78.9 Å². The van der Waals surface area contributed by atoms with Gasteiger partial charge in [-0.2, -0.15) is 0 Å². The lowest BCUT2D eigenvalue weighted by Gasteiger charge is -2.32. The van der Waals surface area contributed by atoms with E-state index in [9.17, 15) is 5.11 Å². The minimum atomic E-state index is -1.23. The minimum Gasteiger partial charge on any atom is -0.493 e. The van der Waals surface area contributed by atoms with Crippen molar-refractivity contribution < 1.29 is 28.8 Å². The van der Waals surface area contributed by atoms with E-state index in [2.05, 4.69) is 0 Å². The second-order valence-corrected chi connectivity index (χ2v) is 9.21. The molecule has 38 heavy (non-hydrogen) atoms. The summed E-state index contributed by atoms with van der Waals surface area (Å²) in [5.74, 6) is 1.85. The van der Waals surface area contributed by atoms with Crippen molar-refractivity contribution in [3.8, 4) is 28.4 Å². The fourth-order valence-electron chi connectivity index (χ4n) is 4.79. The van der Waals surface area contributed by atoms with Gasteiger partial charge in [0.1, 0.15) is 12.4 Å². The van der Waals surface area contributed by atoms with Gasteiger partial charge >= 0.3 is 0 Å². The van der Waals surface area contributed by atoms with Crippen molar-refractivity contribution in [1.29, 1.82) is 0 Å². The maximum Gasteiger partial charge on any atom is 0.161 e. The predicted octanol–water partition coefficient (Wildman–Crippen LogP) is 6.36. The summed E-state index contributed by atoms with van der Waals surface area (Å²) in [6, 6.07) is 25.9. The van der Waals surface area contributed by atoms with Crippen LogP contribution in [0.4, 0.5) is 0 Å². The molecule has 200 valence electrons. The Morgan fingerprint density at radius 1 is 0.658 bits per heavy atom. The van der Waals surface area contributed by atoms with Gasteiger partial charge in [-0.25, -0.2) is 0 Å². The van der Waals surface area contributed by atoms with Gasteiger partial charge in [0, 0.05) is 45.7 Å². The standard InChI is InChI=1S/C32H36O6/c1-34-17-15-32(33,16-18-35-2)27-21-28(38-22-23-11-7-5-8-12-23)25-19-29(36-3)30(37-4)20-26(25)31(27)24-13-9-6-10-14-24/h5-14,19-21,33H,15-18,22H2,1-4H3. The van der Waals surface area contributed by atoms with Gasteiger partial charge in [0.05, 0.1) is 19.8 Å². The zero-order valence-electron chi connectivity index (χ0n) is 22.5. The number of ether oxygens (including phenoxy) is 5. The molecule has 4 aromatic carbocycles. The monoisotopic (exact) mass is 516 g/mol. The first-order chi connectivity index (χ1) is 18.5. The molecule has 0 heterocycles. The molecule has 0 saturated carbocycles. The average molecular weight is 517 g/mol. The first-order valence-corrected chi connectivity index (χ1v) is 12.7. The summed E-state index contributed by atoms with van der Waals surface area (Å²) in [7, 11) is 6.52. The molecule has 0 spiro atoms. The molecule has 6 heteroatoms. The summed E-state index contributed by atoms with van der Waals surface area (Å²) in [5.41, 5.74) is 2.44. The molecule has 1 N–H and O–H groups in total. The van der Waals surface area contributed by atoms with Gasteiger partial charge < -0.3 is 28.8 Å². The first kappa shape index (κ1) is 27.5. The van der Waals surface area contributed by atoms with Crippen molar-refractivity contribution >= 4 is 10.8 Å². The topological polar surface area (TPSA) is 66.4 Å². The Hall–Kier alpha value is -3.58. The van der Waals surface area contributed by atoms with Gasteiger partial charge in [0.2, 0.25) is 0 Å². The van der Waals surface area contributed by atoms with Gasteiger partial charge in [-0.15, -0.1) is 0 Å². The smallest absolute Gasteiger partial charge is 0.161 e. The third-order valence-corrected chi connectivity index (χ3v) is 6.84. The van der Waals surface area contributed by atoms with Crippen LogP contribution in [0.1, 0.15) is 24.0 Å². The largest absolute Gasteiger partial charge is 0.493 e.